The van der Waals surface area contributed by atoms with E-state index in [0.29, 0.717) is 105 Å². The van der Waals surface area contributed by atoms with Gasteiger partial charge in [-0.1, -0.05) is 166 Å². The second-order valence-corrected chi connectivity index (χ2v) is 21.4. The number of pyridine rings is 2. The Morgan fingerprint density at radius 3 is 1.26 bits per heavy atom. The third-order valence-electron chi connectivity index (χ3n) is 15.3. The molecule has 0 saturated carbocycles. The first-order valence-corrected chi connectivity index (χ1v) is 28.2. The van der Waals surface area contributed by atoms with Gasteiger partial charge >= 0.3 is 0 Å². The Labute approximate surface area is 445 Å². The Hall–Kier alpha value is -7.90. The summed E-state index contributed by atoms with van der Waals surface area (Å²) < 4.78 is 10.4. The van der Waals surface area contributed by atoms with Gasteiger partial charge in [-0.05, 0) is 49.2 Å². The van der Waals surface area contributed by atoms with E-state index in [-0.39, 0.29) is 16.7 Å². The fourth-order valence-corrected chi connectivity index (χ4v) is 12.6. The molecule has 0 N–H and O–H groups in total. The normalized spacial score (nSPS) is 11.6. The summed E-state index contributed by atoms with van der Waals surface area (Å²) in [5.74, 6) is 0. The van der Waals surface area contributed by atoms with Crippen LogP contribution in [0, 0.1) is 45.3 Å². The Bertz CT molecular complexity index is 3880. The van der Waals surface area contributed by atoms with E-state index in [1.54, 1.807) is 24.3 Å². The van der Waals surface area contributed by atoms with Crippen LogP contribution >= 0.6 is 11.3 Å². The molecule has 0 unspecified atom stereocenters. The number of benzene rings is 6. The van der Waals surface area contributed by atoms with E-state index in [0.717, 1.165) is 48.6 Å². The SMILES string of the molecule is CCCCCCCCCCCCn1c(=O)c2cc(C#N)c3oc4ccccc4c4c(C#N)cc(c1=O)c2c34.CCCCCCCCCCCCn1c(=O)c2cc(C#N)c3sc4ccccc4c4c(C#N)cc(c1=O)c2c34. The Balaban J connectivity index is 0.000000186. The average molecular weight is 1030 g/mol. The fourth-order valence-electron chi connectivity index (χ4n) is 11.4. The van der Waals surface area contributed by atoms with Gasteiger partial charge in [-0.3, -0.25) is 28.3 Å². The first kappa shape index (κ1) is 52.9. The number of aromatic nitrogens is 2. The number of para-hydroxylation sites is 1. The first-order chi connectivity index (χ1) is 37.2. The summed E-state index contributed by atoms with van der Waals surface area (Å²) in [6, 6.07) is 30.4. The Kier molecular flexibility index (Phi) is 16.8. The monoisotopic (exact) mass is 1030 g/mol. The zero-order valence-corrected chi connectivity index (χ0v) is 44.4. The van der Waals surface area contributed by atoms with E-state index in [1.165, 1.54) is 116 Å². The van der Waals surface area contributed by atoms with Crippen LogP contribution in [0.3, 0.4) is 0 Å². The minimum absolute atomic E-state index is 0.214. The van der Waals surface area contributed by atoms with Crippen LogP contribution in [0.5, 0.6) is 0 Å². The minimum Gasteiger partial charge on any atom is -0.455 e. The van der Waals surface area contributed by atoms with Gasteiger partial charge in [0.15, 0.2) is 5.58 Å². The molecule has 6 aromatic carbocycles. The highest BCUT2D eigenvalue weighted by Crippen LogP contribution is 2.44. The van der Waals surface area contributed by atoms with Gasteiger partial charge in [-0.25, -0.2) is 0 Å². The van der Waals surface area contributed by atoms with Gasteiger partial charge in [0.1, 0.15) is 17.7 Å². The molecule has 0 aliphatic carbocycles. The largest absolute Gasteiger partial charge is 0.455 e. The molecule has 0 fully saturated rings. The third-order valence-corrected chi connectivity index (χ3v) is 16.5. The van der Waals surface area contributed by atoms with Crippen LogP contribution < -0.4 is 22.2 Å². The Morgan fingerprint density at radius 2 is 0.789 bits per heavy atom. The topological polar surface area (TPSA) is 186 Å². The summed E-state index contributed by atoms with van der Waals surface area (Å²) >= 11 is 1.46. The molecule has 0 amide bonds. The molecule has 0 aliphatic rings. The molecule has 4 heterocycles. The van der Waals surface area contributed by atoms with Crippen LogP contribution in [0.2, 0.25) is 0 Å². The van der Waals surface area contributed by atoms with Gasteiger partial charge in [0, 0.05) is 60.9 Å². The van der Waals surface area contributed by atoms with Crippen LogP contribution in [0.1, 0.15) is 165 Å². The summed E-state index contributed by atoms with van der Waals surface area (Å²) in [5, 5.41) is 46.6. The van der Waals surface area contributed by atoms with E-state index in [1.807, 2.05) is 42.5 Å². The second-order valence-electron chi connectivity index (χ2n) is 20.3. The van der Waals surface area contributed by atoms with Crippen LogP contribution in [-0.4, -0.2) is 9.13 Å². The summed E-state index contributed by atoms with van der Waals surface area (Å²) in [6.07, 6.45) is 23.3. The molecule has 76 heavy (non-hydrogen) atoms. The molecule has 0 spiro atoms. The van der Waals surface area contributed by atoms with Crippen molar-refractivity contribution >= 4 is 96.5 Å². The highest BCUT2D eigenvalue weighted by Gasteiger charge is 2.25. The predicted molar refractivity (Wildman–Crippen MR) is 309 cm³/mol. The van der Waals surface area contributed by atoms with Gasteiger partial charge in [-0.2, -0.15) is 21.0 Å². The molecule has 0 saturated heterocycles. The van der Waals surface area contributed by atoms with E-state index < -0.39 is 11.1 Å². The van der Waals surface area contributed by atoms with E-state index in [4.69, 9.17) is 4.42 Å². The highest BCUT2D eigenvalue weighted by molar-refractivity contribution is 7.25. The number of fused-ring (bicyclic) bond motifs is 4. The van der Waals surface area contributed by atoms with E-state index in [9.17, 15) is 40.2 Å². The van der Waals surface area contributed by atoms with Crippen molar-refractivity contribution in [1.82, 2.24) is 9.13 Å². The van der Waals surface area contributed by atoms with Crippen LogP contribution in [0.4, 0.5) is 0 Å². The van der Waals surface area contributed by atoms with E-state index in [2.05, 4.69) is 38.1 Å². The molecule has 10 rings (SSSR count). The van der Waals surface area contributed by atoms with Crippen molar-refractivity contribution in [2.75, 3.05) is 0 Å². The van der Waals surface area contributed by atoms with Gasteiger partial charge < -0.3 is 4.42 Å². The fraction of sp³-hybridized carbons (Fsp3) is 0.375. The van der Waals surface area contributed by atoms with Crippen molar-refractivity contribution in [2.24, 2.45) is 0 Å². The summed E-state index contributed by atoms with van der Waals surface area (Å²) in [7, 11) is 0. The summed E-state index contributed by atoms with van der Waals surface area (Å²) in [6.45, 7) is 5.12. The van der Waals surface area contributed by atoms with Gasteiger partial charge in [0.2, 0.25) is 0 Å². The maximum atomic E-state index is 13.6. The Morgan fingerprint density at radius 1 is 0.408 bits per heavy atom. The molecule has 12 heteroatoms. The smallest absolute Gasteiger partial charge is 0.261 e. The molecule has 384 valence electrons. The molecule has 10 aromatic rings. The number of unbranched alkanes of at least 4 members (excludes halogenated alkanes) is 18. The molecule has 0 aliphatic heterocycles. The molecule has 0 bridgehead atoms. The minimum atomic E-state index is -0.393. The average Bonchev–Trinajstić information content (AvgIpc) is 3.48. The predicted octanol–water partition coefficient (Wildman–Crippen LogP) is 15.5. The lowest BCUT2D eigenvalue weighted by Crippen LogP contribution is -2.33. The molecule has 4 aromatic heterocycles. The molecular weight excluding hydrogens is 965 g/mol. The van der Waals surface area contributed by atoms with Crippen LogP contribution in [0.25, 0.3) is 85.2 Å². The quantitative estimate of drug-likeness (QED) is 0.0362. The standard InChI is InChI=1S/C32H31N3O3.C32H31N3O2S/c2*1-2-3-4-5-6-7-8-9-10-13-16-35-31(36)24-17-21(19-33)27-23-14-11-12-15-26(23)38-30-22(20-34)18-25(32(35)37)28(24)29(27)30/h2*11-12,14-15,17-18H,2-10,13,16H2,1H3. The number of hydrogen-bond acceptors (Lipinski definition) is 10. The van der Waals surface area contributed by atoms with Crippen molar-refractivity contribution in [3.8, 4) is 24.3 Å². The van der Waals surface area contributed by atoms with Gasteiger partial charge in [0.25, 0.3) is 22.2 Å². The lowest BCUT2D eigenvalue weighted by Gasteiger charge is -2.16. The maximum Gasteiger partial charge on any atom is 0.261 e. The number of nitriles is 4. The number of nitrogens with zero attached hydrogens (tertiary/aromatic N) is 6. The molecular formula is C64H62N6O5S. The molecule has 0 radical (unpaired) electrons. The van der Waals surface area contributed by atoms with Crippen molar-refractivity contribution < 1.29 is 4.42 Å². The third kappa shape index (κ3) is 10.2. The van der Waals surface area contributed by atoms with Crippen LogP contribution in [-0.2, 0) is 13.1 Å². The lowest BCUT2D eigenvalue weighted by molar-refractivity contribution is 0.527. The zero-order chi connectivity index (χ0) is 53.3. The van der Waals surface area contributed by atoms with Crippen molar-refractivity contribution in [3.05, 3.63) is 136 Å². The van der Waals surface area contributed by atoms with Crippen molar-refractivity contribution in [3.63, 3.8) is 0 Å². The number of hydrogen-bond donors (Lipinski definition) is 0. The van der Waals surface area contributed by atoms with Gasteiger partial charge in [-0.15, -0.1) is 11.3 Å². The second kappa shape index (κ2) is 24.2. The molecule has 0 atom stereocenters. The zero-order valence-electron chi connectivity index (χ0n) is 43.6. The van der Waals surface area contributed by atoms with Crippen molar-refractivity contribution in [2.45, 2.75) is 155 Å². The highest BCUT2D eigenvalue weighted by atomic mass is 32.1. The van der Waals surface area contributed by atoms with Crippen LogP contribution in [0.15, 0.2) is 96.4 Å². The van der Waals surface area contributed by atoms with E-state index >= 15 is 0 Å². The number of rotatable bonds is 22. The first-order valence-electron chi connectivity index (χ1n) is 27.4. The summed E-state index contributed by atoms with van der Waals surface area (Å²) in [4.78, 5) is 54.4. The summed E-state index contributed by atoms with van der Waals surface area (Å²) in [5.41, 5.74) is 0.682. The maximum absolute atomic E-state index is 13.6. The molecule has 11 nitrogen and oxygen atoms in total. The lowest BCUT2D eigenvalue weighted by atomic mass is 9.91. The van der Waals surface area contributed by atoms with Crippen molar-refractivity contribution in [1.29, 1.82) is 21.0 Å². The van der Waals surface area contributed by atoms with Gasteiger partial charge in [0.05, 0.1) is 60.6 Å².